The minimum atomic E-state index is 0. The van der Waals surface area contributed by atoms with Gasteiger partial charge in [-0.15, -0.1) is 24.0 Å². The van der Waals surface area contributed by atoms with Crippen LogP contribution in [0.1, 0.15) is 11.3 Å². The van der Waals surface area contributed by atoms with E-state index in [1.54, 1.807) is 7.05 Å². The van der Waals surface area contributed by atoms with Crippen molar-refractivity contribution in [1.82, 2.24) is 20.0 Å². The van der Waals surface area contributed by atoms with E-state index in [-0.39, 0.29) is 24.0 Å². The van der Waals surface area contributed by atoms with Gasteiger partial charge in [0.05, 0.1) is 12.2 Å². The Balaban J connectivity index is 0.00000225. The van der Waals surface area contributed by atoms with Gasteiger partial charge in [0, 0.05) is 35.5 Å². The predicted molar refractivity (Wildman–Crippen MR) is 117 cm³/mol. The molecule has 0 spiro atoms. The molecule has 25 heavy (non-hydrogen) atoms. The van der Waals surface area contributed by atoms with E-state index in [2.05, 4.69) is 36.5 Å². The Morgan fingerprint density at radius 3 is 2.76 bits per heavy atom. The van der Waals surface area contributed by atoms with Crippen molar-refractivity contribution in [3.05, 3.63) is 69.5 Å². The standard InChI is InChI=1S/C17H17BrClN5.HI/c1-20-17(21-8-12-3-2-4-14(19)7-12)22-9-15-11-24-10-13(18)5-6-16(24)23-15;/h2-7,10-11H,8-9H2,1H3,(H2,20,21,22);1H. The fraction of sp³-hybridized carbons (Fsp3) is 0.176. The number of rotatable bonds is 4. The number of imidazole rings is 1. The van der Waals surface area contributed by atoms with Gasteiger partial charge in [-0.2, -0.15) is 0 Å². The van der Waals surface area contributed by atoms with E-state index >= 15 is 0 Å². The number of aliphatic imine (C=N–C) groups is 1. The second-order valence-electron chi connectivity index (χ2n) is 5.25. The van der Waals surface area contributed by atoms with Crippen molar-refractivity contribution < 1.29 is 0 Å². The minimum Gasteiger partial charge on any atom is -0.352 e. The van der Waals surface area contributed by atoms with Crippen LogP contribution in [0.15, 0.2) is 58.3 Å². The van der Waals surface area contributed by atoms with Gasteiger partial charge in [-0.3, -0.25) is 4.99 Å². The van der Waals surface area contributed by atoms with Gasteiger partial charge in [0.25, 0.3) is 0 Å². The third-order valence-corrected chi connectivity index (χ3v) is 4.18. The van der Waals surface area contributed by atoms with Gasteiger partial charge in [-0.25, -0.2) is 4.98 Å². The fourth-order valence-electron chi connectivity index (χ4n) is 2.33. The Bertz CT molecular complexity index is 880. The van der Waals surface area contributed by atoms with E-state index in [1.165, 1.54) is 0 Å². The number of benzene rings is 1. The fourth-order valence-corrected chi connectivity index (χ4v) is 2.90. The summed E-state index contributed by atoms with van der Waals surface area (Å²) in [5.41, 5.74) is 2.96. The zero-order valence-electron chi connectivity index (χ0n) is 13.5. The Hall–Kier alpha value is -1.32. The summed E-state index contributed by atoms with van der Waals surface area (Å²) < 4.78 is 3.01. The highest BCUT2D eigenvalue weighted by atomic mass is 127. The SMILES string of the molecule is CN=C(NCc1cccc(Cl)c1)NCc1cn2cc(Br)ccc2n1.I. The Morgan fingerprint density at radius 1 is 1.20 bits per heavy atom. The number of guanidine groups is 1. The van der Waals surface area contributed by atoms with Gasteiger partial charge < -0.3 is 15.0 Å². The normalized spacial score (nSPS) is 11.2. The average molecular weight is 535 g/mol. The third kappa shape index (κ3) is 5.58. The molecule has 3 rings (SSSR count). The van der Waals surface area contributed by atoms with E-state index in [0.717, 1.165) is 26.4 Å². The number of aromatic nitrogens is 2. The molecule has 0 saturated heterocycles. The molecule has 0 amide bonds. The average Bonchev–Trinajstić information content (AvgIpc) is 2.97. The number of nitrogens with one attached hydrogen (secondary N) is 2. The van der Waals surface area contributed by atoms with E-state index < -0.39 is 0 Å². The Morgan fingerprint density at radius 2 is 2.00 bits per heavy atom. The molecule has 0 fully saturated rings. The van der Waals surface area contributed by atoms with Crippen LogP contribution in [-0.4, -0.2) is 22.4 Å². The highest BCUT2D eigenvalue weighted by Gasteiger charge is 2.04. The van der Waals surface area contributed by atoms with Crippen LogP contribution < -0.4 is 10.6 Å². The van der Waals surface area contributed by atoms with Gasteiger partial charge >= 0.3 is 0 Å². The van der Waals surface area contributed by atoms with Crippen molar-refractivity contribution in [1.29, 1.82) is 0 Å². The summed E-state index contributed by atoms with van der Waals surface area (Å²) in [5.74, 6) is 0.716. The monoisotopic (exact) mass is 533 g/mol. The van der Waals surface area contributed by atoms with Crippen molar-refractivity contribution >= 4 is 63.1 Å². The molecule has 5 nitrogen and oxygen atoms in total. The molecular weight excluding hydrogens is 516 g/mol. The molecule has 0 radical (unpaired) electrons. The summed E-state index contributed by atoms with van der Waals surface area (Å²) in [6, 6.07) is 11.7. The first-order chi connectivity index (χ1) is 11.6. The molecule has 0 atom stereocenters. The van der Waals surface area contributed by atoms with E-state index in [0.29, 0.717) is 19.0 Å². The zero-order chi connectivity index (χ0) is 16.9. The summed E-state index contributed by atoms with van der Waals surface area (Å²) in [6.07, 6.45) is 3.98. The third-order valence-electron chi connectivity index (χ3n) is 3.47. The maximum absolute atomic E-state index is 6.00. The van der Waals surface area contributed by atoms with Gasteiger partial charge in [0.1, 0.15) is 5.65 Å². The molecule has 0 unspecified atom stereocenters. The molecule has 0 aliphatic heterocycles. The van der Waals surface area contributed by atoms with Crippen LogP contribution in [0.5, 0.6) is 0 Å². The molecule has 2 aromatic heterocycles. The summed E-state index contributed by atoms with van der Waals surface area (Å²) >= 11 is 9.46. The van der Waals surface area contributed by atoms with E-state index in [1.807, 2.05) is 53.2 Å². The molecule has 0 saturated carbocycles. The number of fused-ring (bicyclic) bond motifs is 1. The smallest absolute Gasteiger partial charge is 0.191 e. The van der Waals surface area contributed by atoms with Crippen molar-refractivity contribution in [3.63, 3.8) is 0 Å². The molecule has 0 bridgehead atoms. The second-order valence-corrected chi connectivity index (χ2v) is 6.61. The first kappa shape index (κ1) is 20.0. The largest absolute Gasteiger partial charge is 0.352 e. The quantitative estimate of drug-likeness (QED) is 0.299. The van der Waals surface area contributed by atoms with E-state index in [9.17, 15) is 0 Å². The predicted octanol–water partition coefficient (Wildman–Crippen LogP) is 4.23. The molecule has 8 heteroatoms. The van der Waals surface area contributed by atoms with Gasteiger partial charge in [0.2, 0.25) is 0 Å². The van der Waals surface area contributed by atoms with Crippen molar-refractivity contribution in [2.75, 3.05) is 7.05 Å². The molecule has 0 aliphatic carbocycles. The molecule has 2 heterocycles. The first-order valence-electron chi connectivity index (χ1n) is 7.46. The lowest BCUT2D eigenvalue weighted by Crippen LogP contribution is -2.36. The lowest BCUT2D eigenvalue weighted by atomic mass is 10.2. The Labute approximate surface area is 177 Å². The Kier molecular flexibility index (Phi) is 7.52. The summed E-state index contributed by atoms with van der Waals surface area (Å²) in [4.78, 5) is 8.80. The first-order valence-corrected chi connectivity index (χ1v) is 8.63. The van der Waals surface area contributed by atoms with Gasteiger partial charge in [-0.05, 0) is 45.8 Å². The topological polar surface area (TPSA) is 53.7 Å². The zero-order valence-corrected chi connectivity index (χ0v) is 18.2. The molecule has 0 aliphatic rings. The maximum Gasteiger partial charge on any atom is 0.191 e. The summed E-state index contributed by atoms with van der Waals surface area (Å²) in [7, 11) is 1.74. The van der Waals surface area contributed by atoms with Crippen LogP contribution in [0.2, 0.25) is 5.02 Å². The van der Waals surface area contributed by atoms with Crippen LogP contribution in [-0.2, 0) is 13.1 Å². The lowest BCUT2D eigenvalue weighted by molar-refractivity contribution is 0.798. The number of hydrogen-bond donors (Lipinski definition) is 2. The van der Waals surface area contributed by atoms with E-state index in [4.69, 9.17) is 11.6 Å². The van der Waals surface area contributed by atoms with Crippen LogP contribution in [0.3, 0.4) is 0 Å². The van der Waals surface area contributed by atoms with Crippen molar-refractivity contribution in [3.8, 4) is 0 Å². The van der Waals surface area contributed by atoms with Gasteiger partial charge in [-0.1, -0.05) is 23.7 Å². The van der Waals surface area contributed by atoms with Crippen molar-refractivity contribution in [2.24, 2.45) is 4.99 Å². The second kappa shape index (κ2) is 9.40. The van der Waals surface area contributed by atoms with Crippen molar-refractivity contribution in [2.45, 2.75) is 13.1 Å². The molecule has 3 aromatic rings. The molecule has 1 aromatic carbocycles. The highest BCUT2D eigenvalue weighted by Crippen LogP contribution is 2.12. The van der Waals surface area contributed by atoms with Crippen LogP contribution in [0, 0.1) is 0 Å². The number of nitrogens with zero attached hydrogens (tertiary/aromatic N) is 3. The highest BCUT2D eigenvalue weighted by molar-refractivity contribution is 14.0. The van der Waals surface area contributed by atoms with Crippen LogP contribution >= 0.6 is 51.5 Å². The maximum atomic E-state index is 6.00. The van der Waals surface area contributed by atoms with Crippen LogP contribution in [0.25, 0.3) is 5.65 Å². The number of halogens is 3. The minimum absolute atomic E-state index is 0. The number of hydrogen-bond acceptors (Lipinski definition) is 2. The number of pyridine rings is 1. The van der Waals surface area contributed by atoms with Gasteiger partial charge in [0.15, 0.2) is 5.96 Å². The molecule has 132 valence electrons. The van der Waals surface area contributed by atoms with Crippen LogP contribution in [0.4, 0.5) is 0 Å². The summed E-state index contributed by atoms with van der Waals surface area (Å²) in [5, 5.41) is 7.26. The molecular formula is C17H18BrClIN5. The lowest BCUT2D eigenvalue weighted by Gasteiger charge is -2.11. The molecule has 2 N–H and O–H groups in total. The summed E-state index contributed by atoms with van der Waals surface area (Å²) in [6.45, 7) is 1.24.